The molecule has 2 atom stereocenters. The summed E-state index contributed by atoms with van der Waals surface area (Å²) in [6.07, 6.45) is 0. The van der Waals surface area contributed by atoms with E-state index in [0.717, 1.165) is 21.0 Å². The lowest BCUT2D eigenvalue weighted by Crippen LogP contribution is -2.41. The molecule has 0 aliphatic carbocycles. The van der Waals surface area contributed by atoms with Crippen LogP contribution in [0.1, 0.15) is 25.0 Å². The van der Waals surface area contributed by atoms with Crippen LogP contribution in [0.2, 0.25) is 0 Å². The van der Waals surface area contributed by atoms with Gasteiger partial charge in [-0.3, -0.25) is 14.4 Å². The first-order chi connectivity index (χ1) is 12.3. The van der Waals surface area contributed by atoms with Gasteiger partial charge in [0.25, 0.3) is 5.91 Å². The van der Waals surface area contributed by atoms with E-state index in [1.807, 2.05) is 19.9 Å². The predicted molar refractivity (Wildman–Crippen MR) is 92.3 cm³/mol. The summed E-state index contributed by atoms with van der Waals surface area (Å²) in [4.78, 5) is 51.0. The maximum atomic E-state index is 13.0. The minimum Gasteiger partial charge on any atom is -0.461 e. The molecule has 0 aromatic heterocycles. The van der Waals surface area contributed by atoms with Crippen LogP contribution in [-0.2, 0) is 23.9 Å². The largest absolute Gasteiger partial charge is 0.461 e. The number of esters is 1. The first-order valence-corrected chi connectivity index (χ1v) is 8.27. The number of nitrogens with zero attached hydrogens (tertiary/aromatic N) is 3. The molecule has 1 saturated heterocycles. The topological polar surface area (TPSA) is 96.3 Å². The molecule has 2 aliphatic rings. The summed E-state index contributed by atoms with van der Waals surface area (Å²) in [5.74, 6) is -3.63. The van der Waals surface area contributed by atoms with Gasteiger partial charge < -0.3 is 4.74 Å². The highest BCUT2D eigenvalue weighted by Gasteiger charge is 2.59. The number of ether oxygens (including phenoxy) is 1. The van der Waals surface area contributed by atoms with Crippen LogP contribution in [-0.4, -0.2) is 47.1 Å². The summed E-state index contributed by atoms with van der Waals surface area (Å²) in [5, 5.41) is 4.81. The zero-order valence-electron chi connectivity index (χ0n) is 15.0. The number of anilines is 1. The third-order valence-electron chi connectivity index (χ3n) is 4.32. The second-order valence-corrected chi connectivity index (χ2v) is 6.35. The van der Waals surface area contributed by atoms with E-state index in [4.69, 9.17) is 4.74 Å². The van der Waals surface area contributed by atoms with E-state index in [-0.39, 0.29) is 12.3 Å². The lowest BCUT2D eigenvalue weighted by Gasteiger charge is -2.19. The second kappa shape index (κ2) is 6.36. The number of hydrazone groups is 1. The molecule has 136 valence electrons. The normalized spacial score (nSPS) is 21.8. The average molecular weight is 357 g/mol. The molecule has 2 aliphatic heterocycles. The number of fused-ring (bicyclic) bond motifs is 1. The van der Waals surface area contributed by atoms with E-state index in [1.165, 1.54) is 6.92 Å². The number of imide groups is 1. The monoisotopic (exact) mass is 357 g/mol. The Morgan fingerprint density at radius 2 is 1.73 bits per heavy atom. The lowest BCUT2D eigenvalue weighted by molar-refractivity contribution is -0.136. The second-order valence-electron chi connectivity index (χ2n) is 6.35. The number of carbonyl (C=O) groups is 4. The van der Waals surface area contributed by atoms with E-state index in [2.05, 4.69) is 5.10 Å². The molecule has 0 radical (unpaired) electrons. The van der Waals surface area contributed by atoms with Crippen molar-refractivity contribution in [1.82, 2.24) is 5.01 Å². The van der Waals surface area contributed by atoms with E-state index >= 15 is 0 Å². The van der Waals surface area contributed by atoms with E-state index < -0.39 is 35.7 Å². The van der Waals surface area contributed by atoms with Crippen LogP contribution in [0.5, 0.6) is 0 Å². The Bertz CT molecular complexity index is 840. The number of hydrogen-bond donors (Lipinski definition) is 0. The minimum absolute atomic E-state index is 0.0955. The first-order valence-electron chi connectivity index (χ1n) is 8.27. The molecule has 1 fully saturated rings. The molecule has 0 spiro atoms. The van der Waals surface area contributed by atoms with Crippen molar-refractivity contribution < 1.29 is 23.9 Å². The SMILES string of the molecule is CCOC(=O)C1=NN(C(C)=O)[C@@H]2C(=O)N(c3cc(C)cc(C)c3)C(=O)[C@@H]12. The van der Waals surface area contributed by atoms with Gasteiger partial charge in [0.05, 0.1) is 12.3 Å². The molecule has 1 aromatic carbocycles. The molecular weight excluding hydrogens is 338 g/mol. The fourth-order valence-corrected chi connectivity index (χ4v) is 3.38. The third kappa shape index (κ3) is 2.67. The fourth-order valence-electron chi connectivity index (χ4n) is 3.38. The van der Waals surface area contributed by atoms with Crippen molar-refractivity contribution >= 4 is 35.1 Å². The molecular formula is C18H19N3O5. The summed E-state index contributed by atoms with van der Waals surface area (Å²) in [6, 6.07) is 4.19. The van der Waals surface area contributed by atoms with Gasteiger partial charge in [-0.2, -0.15) is 5.10 Å². The number of hydrogen-bond acceptors (Lipinski definition) is 6. The number of benzene rings is 1. The Hall–Kier alpha value is -3.03. The Labute approximate surface area is 150 Å². The first kappa shape index (κ1) is 17.8. The smallest absolute Gasteiger partial charge is 0.355 e. The van der Waals surface area contributed by atoms with Gasteiger partial charge in [-0.25, -0.2) is 14.7 Å². The Kier molecular flexibility index (Phi) is 4.35. The van der Waals surface area contributed by atoms with Crippen LogP contribution in [0.25, 0.3) is 0 Å². The summed E-state index contributed by atoms with van der Waals surface area (Å²) < 4.78 is 4.94. The fraction of sp³-hybridized carbons (Fsp3) is 0.389. The molecule has 0 N–H and O–H groups in total. The summed E-state index contributed by atoms with van der Waals surface area (Å²) in [6.45, 7) is 6.66. The summed E-state index contributed by atoms with van der Waals surface area (Å²) in [5.41, 5.74) is 1.98. The average Bonchev–Trinajstić information content (AvgIpc) is 3.04. The number of carbonyl (C=O) groups excluding carboxylic acids is 4. The summed E-state index contributed by atoms with van der Waals surface area (Å²) >= 11 is 0. The lowest BCUT2D eigenvalue weighted by atomic mass is 9.98. The van der Waals surface area contributed by atoms with Crippen LogP contribution in [0.15, 0.2) is 23.3 Å². The maximum absolute atomic E-state index is 13.0. The van der Waals surface area contributed by atoms with Crippen molar-refractivity contribution in [3.05, 3.63) is 29.3 Å². The Balaban J connectivity index is 2.06. The highest BCUT2D eigenvalue weighted by molar-refractivity contribution is 6.47. The van der Waals surface area contributed by atoms with E-state index in [0.29, 0.717) is 5.69 Å². The van der Waals surface area contributed by atoms with Gasteiger partial charge in [0, 0.05) is 6.92 Å². The maximum Gasteiger partial charge on any atom is 0.355 e. The van der Waals surface area contributed by atoms with Gasteiger partial charge in [-0.05, 0) is 44.0 Å². The molecule has 8 heteroatoms. The van der Waals surface area contributed by atoms with Crippen molar-refractivity contribution in [2.75, 3.05) is 11.5 Å². The standard InChI is InChI=1S/C18H19N3O5/c1-5-26-18(25)14-13-15(21(19-14)11(4)22)17(24)20(16(13)23)12-7-9(2)6-10(3)8-12/h6-8,13,15H,5H2,1-4H3/t13-,15-/m0/s1. The van der Waals surface area contributed by atoms with Gasteiger partial charge in [0.1, 0.15) is 5.92 Å². The van der Waals surface area contributed by atoms with Gasteiger partial charge in [0.2, 0.25) is 11.8 Å². The third-order valence-corrected chi connectivity index (χ3v) is 4.32. The van der Waals surface area contributed by atoms with Gasteiger partial charge in [0.15, 0.2) is 11.8 Å². The number of rotatable bonds is 3. The van der Waals surface area contributed by atoms with Crippen molar-refractivity contribution in [1.29, 1.82) is 0 Å². The van der Waals surface area contributed by atoms with Gasteiger partial charge >= 0.3 is 5.97 Å². The molecule has 0 bridgehead atoms. The number of aryl methyl sites for hydroxylation is 2. The van der Waals surface area contributed by atoms with Crippen molar-refractivity contribution in [2.45, 2.75) is 33.7 Å². The predicted octanol–water partition coefficient (Wildman–Crippen LogP) is 0.943. The molecule has 8 nitrogen and oxygen atoms in total. The molecule has 1 aromatic rings. The van der Waals surface area contributed by atoms with Crippen LogP contribution in [0, 0.1) is 19.8 Å². The van der Waals surface area contributed by atoms with Crippen molar-refractivity contribution in [3.63, 3.8) is 0 Å². The molecule has 0 unspecified atom stereocenters. The molecule has 0 saturated carbocycles. The number of amides is 3. The quantitative estimate of drug-likeness (QED) is 0.593. The molecule has 26 heavy (non-hydrogen) atoms. The van der Waals surface area contributed by atoms with E-state index in [9.17, 15) is 19.2 Å². The van der Waals surface area contributed by atoms with Crippen LogP contribution < -0.4 is 4.90 Å². The molecule has 2 heterocycles. The van der Waals surface area contributed by atoms with E-state index in [1.54, 1.807) is 19.1 Å². The zero-order valence-corrected chi connectivity index (χ0v) is 15.0. The highest BCUT2D eigenvalue weighted by atomic mass is 16.5. The van der Waals surface area contributed by atoms with Gasteiger partial charge in [-0.15, -0.1) is 0 Å². The van der Waals surface area contributed by atoms with Crippen LogP contribution in [0.4, 0.5) is 5.69 Å². The Morgan fingerprint density at radius 1 is 1.12 bits per heavy atom. The van der Waals surface area contributed by atoms with Crippen LogP contribution >= 0.6 is 0 Å². The van der Waals surface area contributed by atoms with Crippen molar-refractivity contribution in [3.8, 4) is 0 Å². The van der Waals surface area contributed by atoms with Crippen LogP contribution in [0.3, 0.4) is 0 Å². The zero-order chi connectivity index (χ0) is 19.2. The minimum atomic E-state index is -1.15. The highest BCUT2D eigenvalue weighted by Crippen LogP contribution is 2.36. The Morgan fingerprint density at radius 3 is 2.27 bits per heavy atom. The van der Waals surface area contributed by atoms with Gasteiger partial charge in [-0.1, -0.05) is 6.07 Å². The molecule has 3 rings (SSSR count). The summed E-state index contributed by atoms with van der Waals surface area (Å²) in [7, 11) is 0. The molecule has 3 amide bonds. The van der Waals surface area contributed by atoms with Crippen molar-refractivity contribution in [2.24, 2.45) is 11.0 Å².